The van der Waals surface area contributed by atoms with Crippen LogP contribution in [0.15, 0.2) is 12.2 Å². The third-order valence-corrected chi connectivity index (χ3v) is 17.0. The summed E-state index contributed by atoms with van der Waals surface area (Å²) < 4.78 is 17.0. The molecule has 0 saturated carbocycles. The molecule has 0 rings (SSSR count). The van der Waals surface area contributed by atoms with Gasteiger partial charge in [-0.1, -0.05) is 373 Å². The van der Waals surface area contributed by atoms with Crippen LogP contribution in [0.25, 0.3) is 0 Å². The Bertz CT molecular complexity index is 1250. The first kappa shape index (κ1) is 78.1. The van der Waals surface area contributed by atoms with Crippen LogP contribution in [0.4, 0.5) is 0 Å². The van der Waals surface area contributed by atoms with Gasteiger partial charge in [-0.25, -0.2) is 0 Å². The maximum absolute atomic E-state index is 13.0. The average Bonchev–Trinajstić information content (AvgIpc) is 3.46. The number of ether oxygens (including phenoxy) is 3. The zero-order valence-corrected chi connectivity index (χ0v) is 54.6. The van der Waals surface area contributed by atoms with Crippen LogP contribution in [0.1, 0.15) is 425 Å². The molecule has 0 fully saturated rings. The molecule has 0 heterocycles. The summed E-state index contributed by atoms with van der Waals surface area (Å²) in [5.41, 5.74) is 0. The second kappa shape index (κ2) is 69.6. The fraction of sp³-hybridized carbons (Fsp3) is 0.932. The number of unbranched alkanes of at least 4 members (excludes halogenated alkanes) is 56. The van der Waals surface area contributed by atoms with Crippen LogP contribution < -0.4 is 0 Å². The molecule has 1 atom stereocenters. The highest BCUT2D eigenvalue weighted by Gasteiger charge is 2.20. The lowest BCUT2D eigenvalue weighted by atomic mass is 10.0. The van der Waals surface area contributed by atoms with Crippen molar-refractivity contribution in [2.24, 2.45) is 0 Å². The first-order valence-electron chi connectivity index (χ1n) is 36.7. The van der Waals surface area contributed by atoms with Crippen molar-refractivity contribution in [3.05, 3.63) is 12.2 Å². The number of carbonyl (C=O) groups is 3. The number of carbonyl (C=O) groups excluding carboxylic acids is 3. The third-order valence-electron chi connectivity index (χ3n) is 17.0. The van der Waals surface area contributed by atoms with Gasteiger partial charge in [0, 0.05) is 19.3 Å². The Morgan fingerprint density at radius 3 is 0.625 bits per heavy atom. The zero-order valence-electron chi connectivity index (χ0n) is 54.6. The van der Waals surface area contributed by atoms with Gasteiger partial charge in [0.1, 0.15) is 13.2 Å². The third kappa shape index (κ3) is 66.9. The molecule has 0 N–H and O–H groups in total. The van der Waals surface area contributed by atoms with Crippen LogP contribution in [0.2, 0.25) is 0 Å². The minimum absolute atomic E-state index is 0.0624. The van der Waals surface area contributed by atoms with Crippen LogP contribution in [-0.4, -0.2) is 37.2 Å². The van der Waals surface area contributed by atoms with Crippen molar-refractivity contribution in [2.45, 2.75) is 431 Å². The maximum Gasteiger partial charge on any atom is 0.306 e. The molecule has 0 amide bonds. The predicted octanol–water partition coefficient (Wildman–Crippen LogP) is 25.2. The molecule has 1 unspecified atom stereocenters. The highest BCUT2D eigenvalue weighted by atomic mass is 16.6. The van der Waals surface area contributed by atoms with Crippen LogP contribution >= 0.6 is 0 Å². The van der Waals surface area contributed by atoms with Crippen LogP contribution in [0.5, 0.6) is 0 Å². The van der Waals surface area contributed by atoms with E-state index in [0.29, 0.717) is 19.3 Å². The van der Waals surface area contributed by atoms with Crippen LogP contribution in [0.3, 0.4) is 0 Å². The van der Waals surface area contributed by atoms with E-state index >= 15 is 0 Å². The van der Waals surface area contributed by atoms with Gasteiger partial charge in [-0.05, 0) is 44.9 Å². The number of esters is 3. The summed E-state index contributed by atoms with van der Waals surface area (Å²) in [7, 11) is 0. The molecule has 6 nitrogen and oxygen atoms in total. The Morgan fingerprint density at radius 2 is 0.412 bits per heavy atom. The van der Waals surface area contributed by atoms with E-state index < -0.39 is 6.10 Å². The standard InChI is InChI=1S/C74H142O6/c1-4-7-10-13-16-19-22-25-27-29-31-33-35-37-39-40-42-44-46-49-52-55-58-61-64-67-73(76)79-70-71(69-78-72(75)66-63-60-57-54-51-48-24-21-18-15-12-9-6-3)80-74(77)68-65-62-59-56-53-50-47-45-43-41-38-36-34-32-30-28-26-23-20-17-14-11-8-5-2/h29,31,71H,4-28,30,32-70H2,1-3H3/b31-29-. The van der Waals surface area contributed by atoms with E-state index in [2.05, 4.69) is 32.9 Å². The predicted molar refractivity (Wildman–Crippen MR) is 349 cm³/mol. The van der Waals surface area contributed by atoms with E-state index in [9.17, 15) is 14.4 Å². The molecule has 0 bridgehead atoms. The molecule has 0 aromatic carbocycles. The molecule has 0 aromatic heterocycles. The molecule has 0 aliphatic heterocycles. The average molecular weight is 1130 g/mol. The van der Waals surface area contributed by atoms with E-state index in [4.69, 9.17) is 14.2 Å². The number of rotatable bonds is 69. The van der Waals surface area contributed by atoms with Crippen molar-refractivity contribution in [1.29, 1.82) is 0 Å². The molecule has 474 valence electrons. The summed E-state index contributed by atoms with van der Waals surface area (Å²) in [6.07, 6.45) is 84.0. The minimum Gasteiger partial charge on any atom is -0.462 e. The second-order valence-corrected chi connectivity index (χ2v) is 25.2. The highest BCUT2D eigenvalue weighted by Crippen LogP contribution is 2.19. The van der Waals surface area contributed by atoms with Gasteiger partial charge in [0.05, 0.1) is 0 Å². The molecule has 0 radical (unpaired) electrons. The first-order valence-corrected chi connectivity index (χ1v) is 36.7. The van der Waals surface area contributed by atoms with Crippen molar-refractivity contribution < 1.29 is 28.6 Å². The highest BCUT2D eigenvalue weighted by molar-refractivity contribution is 5.71. The summed E-state index contributed by atoms with van der Waals surface area (Å²) in [6.45, 7) is 6.73. The lowest BCUT2D eigenvalue weighted by Crippen LogP contribution is -2.30. The van der Waals surface area contributed by atoms with E-state index in [1.807, 2.05) is 0 Å². The molecule has 0 spiro atoms. The van der Waals surface area contributed by atoms with E-state index in [1.165, 1.54) is 327 Å². The van der Waals surface area contributed by atoms with E-state index in [1.54, 1.807) is 0 Å². The molecule has 80 heavy (non-hydrogen) atoms. The van der Waals surface area contributed by atoms with Gasteiger partial charge < -0.3 is 14.2 Å². The summed E-state index contributed by atoms with van der Waals surface area (Å²) in [5.74, 6) is -0.825. The summed E-state index contributed by atoms with van der Waals surface area (Å²) >= 11 is 0. The van der Waals surface area contributed by atoms with Gasteiger partial charge >= 0.3 is 17.9 Å². The molecule has 0 aromatic rings. The van der Waals surface area contributed by atoms with Crippen LogP contribution in [-0.2, 0) is 28.6 Å². The normalized spacial score (nSPS) is 12.0. The van der Waals surface area contributed by atoms with Crippen molar-refractivity contribution in [1.82, 2.24) is 0 Å². The summed E-state index contributed by atoms with van der Waals surface area (Å²) in [5, 5.41) is 0. The zero-order chi connectivity index (χ0) is 57.8. The number of allylic oxidation sites excluding steroid dienone is 2. The van der Waals surface area contributed by atoms with Crippen LogP contribution in [0, 0.1) is 0 Å². The smallest absolute Gasteiger partial charge is 0.306 e. The van der Waals surface area contributed by atoms with Gasteiger partial charge in [0.2, 0.25) is 0 Å². The van der Waals surface area contributed by atoms with Crippen molar-refractivity contribution in [3.63, 3.8) is 0 Å². The van der Waals surface area contributed by atoms with Gasteiger partial charge in [-0.2, -0.15) is 0 Å². The minimum atomic E-state index is -0.766. The molecule has 0 aliphatic rings. The number of hydrogen-bond acceptors (Lipinski definition) is 6. The Labute approximate surface area is 501 Å². The number of hydrogen-bond donors (Lipinski definition) is 0. The van der Waals surface area contributed by atoms with Gasteiger partial charge in [-0.3, -0.25) is 14.4 Å². The Morgan fingerprint density at radius 1 is 0.237 bits per heavy atom. The van der Waals surface area contributed by atoms with E-state index in [0.717, 1.165) is 57.8 Å². The molecule has 6 heteroatoms. The van der Waals surface area contributed by atoms with Crippen molar-refractivity contribution in [3.8, 4) is 0 Å². The molecular weight excluding hydrogens is 985 g/mol. The van der Waals surface area contributed by atoms with Gasteiger partial charge in [0.15, 0.2) is 6.10 Å². The quantitative estimate of drug-likeness (QED) is 0.0261. The molecule has 0 saturated heterocycles. The maximum atomic E-state index is 13.0. The molecular formula is C74H142O6. The molecule has 0 aliphatic carbocycles. The van der Waals surface area contributed by atoms with Crippen molar-refractivity contribution in [2.75, 3.05) is 13.2 Å². The summed E-state index contributed by atoms with van der Waals surface area (Å²) in [6, 6.07) is 0. The van der Waals surface area contributed by atoms with Gasteiger partial charge in [0.25, 0.3) is 0 Å². The van der Waals surface area contributed by atoms with E-state index in [-0.39, 0.29) is 31.1 Å². The Hall–Kier alpha value is -1.85. The fourth-order valence-corrected chi connectivity index (χ4v) is 11.5. The Balaban J connectivity index is 4.19. The van der Waals surface area contributed by atoms with Crippen molar-refractivity contribution >= 4 is 17.9 Å². The summed E-state index contributed by atoms with van der Waals surface area (Å²) in [4.78, 5) is 38.5. The second-order valence-electron chi connectivity index (χ2n) is 25.2. The SMILES string of the molecule is CCCCCCCCCC/C=C\CCCCCCCCCCCCCCCC(=O)OCC(COC(=O)CCCCCCCCCCCCCCC)OC(=O)CCCCCCCCCCCCCCCCCCCCCCCCCC. The lowest BCUT2D eigenvalue weighted by Gasteiger charge is -2.18. The lowest BCUT2D eigenvalue weighted by molar-refractivity contribution is -0.167. The Kier molecular flexibility index (Phi) is 68.0. The largest absolute Gasteiger partial charge is 0.462 e. The monoisotopic (exact) mass is 1130 g/mol. The topological polar surface area (TPSA) is 78.9 Å². The van der Waals surface area contributed by atoms with Gasteiger partial charge in [-0.15, -0.1) is 0 Å². The fourth-order valence-electron chi connectivity index (χ4n) is 11.5. The first-order chi connectivity index (χ1) is 39.5.